The lowest BCUT2D eigenvalue weighted by Crippen LogP contribution is -2.47. The Kier molecular flexibility index (Phi) is 5.92. The highest BCUT2D eigenvalue weighted by molar-refractivity contribution is 4.94. The molecule has 2 atom stereocenters. The van der Waals surface area contributed by atoms with Crippen molar-refractivity contribution in [3.8, 4) is 0 Å². The van der Waals surface area contributed by atoms with E-state index in [-0.39, 0.29) is 0 Å². The molecule has 0 amide bonds. The molecule has 0 aliphatic heterocycles. The molecule has 118 valence electrons. The predicted molar refractivity (Wildman–Crippen MR) is 88.0 cm³/mol. The molecule has 0 aromatic carbocycles. The predicted octanol–water partition coefficient (Wildman–Crippen LogP) is 3.91. The van der Waals surface area contributed by atoms with E-state index in [2.05, 4.69) is 38.0 Å². The van der Waals surface area contributed by atoms with E-state index in [1.54, 1.807) is 0 Å². The molecule has 2 heteroatoms. The second kappa shape index (κ2) is 7.26. The van der Waals surface area contributed by atoms with Crippen molar-refractivity contribution in [1.82, 2.24) is 10.2 Å². The van der Waals surface area contributed by atoms with Gasteiger partial charge in [0.15, 0.2) is 0 Å². The highest BCUT2D eigenvalue weighted by atomic mass is 15.2. The Balaban J connectivity index is 1.96. The summed E-state index contributed by atoms with van der Waals surface area (Å²) in [6, 6.07) is 0.916. The monoisotopic (exact) mass is 280 g/mol. The Bertz CT molecular complexity index is 281. The van der Waals surface area contributed by atoms with E-state index >= 15 is 0 Å². The standard InChI is InChI=1S/C18H36N2/c1-15(2)9-11-20(17-7-8-17)14-18(13-19-4)10-5-6-16(3)12-18/h15-17,19H,5-14H2,1-4H3. The summed E-state index contributed by atoms with van der Waals surface area (Å²) in [5, 5.41) is 3.50. The van der Waals surface area contributed by atoms with Crippen LogP contribution in [0.15, 0.2) is 0 Å². The van der Waals surface area contributed by atoms with Crippen LogP contribution in [0.25, 0.3) is 0 Å². The summed E-state index contributed by atoms with van der Waals surface area (Å²) >= 11 is 0. The van der Waals surface area contributed by atoms with Crippen LogP contribution in [-0.4, -0.2) is 37.6 Å². The fraction of sp³-hybridized carbons (Fsp3) is 1.00. The molecule has 0 saturated heterocycles. The van der Waals surface area contributed by atoms with Crippen LogP contribution in [0.5, 0.6) is 0 Å². The maximum Gasteiger partial charge on any atom is 0.00966 e. The lowest BCUT2D eigenvalue weighted by molar-refractivity contribution is 0.0751. The number of nitrogens with one attached hydrogen (secondary N) is 1. The number of rotatable bonds is 8. The van der Waals surface area contributed by atoms with Gasteiger partial charge in [-0.25, -0.2) is 0 Å². The zero-order valence-electron chi connectivity index (χ0n) is 14.3. The first kappa shape index (κ1) is 16.3. The SMILES string of the molecule is CNCC1(CN(CCC(C)C)C2CC2)CCCC(C)C1. The largest absolute Gasteiger partial charge is 0.319 e. The van der Waals surface area contributed by atoms with E-state index in [1.165, 1.54) is 64.6 Å². The third-order valence-corrected chi connectivity index (χ3v) is 5.33. The summed E-state index contributed by atoms with van der Waals surface area (Å²) in [7, 11) is 2.14. The molecule has 2 aliphatic rings. The lowest BCUT2D eigenvalue weighted by atomic mass is 9.69. The number of hydrogen-bond donors (Lipinski definition) is 1. The molecule has 0 aromatic rings. The summed E-state index contributed by atoms with van der Waals surface area (Å²) in [5.74, 6) is 1.75. The van der Waals surface area contributed by atoms with Crippen molar-refractivity contribution in [1.29, 1.82) is 0 Å². The van der Waals surface area contributed by atoms with Crippen LogP contribution in [0.4, 0.5) is 0 Å². The first-order valence-electron chi connectivity index (χ1n) is 8.93. The van der Waals surface area contributed by atoms with Gasteiger partial charge in [0.1, 0.15) is 0 Å². The van der Waals surface area contributed by atoms with Crippen LogP contribution in [0.3, 0.4) is 0 Å². The van der Waals surface area contributed by atoms with Crippen molar-refractivity contribution in [2.75, 3.05) is 26.7 Å². The minimum absolute atomic E-state index is 0.548. The second-order valence-corrected chi connectivity index (χ2v) is 8.12. The van der Waals surface area contributed by atoms with Crippen molar-refractivity contribution >= 4 is 0 Å². The molecule has 0 radical (unpaired) electrons. The molecule has 0 spiro atoms. The molecule has 2 aliphatic carbocycles. The lowest BCUT2D eigenvalue weighted by Gasteiger charge is -2.43. The Morgan fingerprint density at radius 3 is 2.55 bits per heavy atom. The van der Waals surface area contributed by atoms with E-state index in [4.69, 9.17) is 0 Å². The van der Waals surface area contributed by atoms with Crippen LogP contribution < -0.4 is 5.32 Å². The molecule has 2 fully saturated rings. The normalized spacial score (nSPS) is 31.2. The van der Waals surface area contributed by atoms with Gasteiger partial charge in [0.25, 0.3) is 0 Å². The van der Waals surface area contributed by atoms with Gasteiger partial charge in [-0.05, 0) is 62.9 Å². The van der Waals surface area contributed by atoms with Gasteiger partial charge >= 0.3 is 0 Å². The number of nitrogens with zero attached hydrogens (tertiary/aromatic N) is 1. The molecule has 0 heterocycles. The quantitative estimate of drug-likeness (QED) is 0.725. The zero-order valence-corrected chi connectivity index (χ0v) is 14.3. The zero-order chi connectivity index (χ0) is 14.6. The summed E-state index contributed by atoms with van der Waals surface area (Å²) in [4.78, 5) is 2.84. The van der Waals surface area contributed by atoms with E-state index in [1.807, 2.05) is 0 Å². The Morgan fingerprint density at radius 2 is 2.00 bits per heavy atom. The van der Waals surface area contributed by atoms with Crippen molar-refractivity contribution in [3.63, 3.8) is 0 Å². The van der Waals surface area contributed by atoms with Gasteiger partial charge in [-0.3, -0.25) is 4.90 Å². The minimum atomic E-state index is 0.548. The van der Waals surface area contributed by atoms with Gasteiger partial charge in [-0.1, -0.05) is 33.6 Å². The van der Waals surface area contributed by atoms with Crippen LogP contribution in [-0.2, 0) is 0 Å². The topological polar surface area (TPSA) is 15.3 Å². The summed E-state index contributed by atoms with van der Waals surface area (Å²) < 4.78 is 0. The molecular formula is C18H36N2. The molecule has 2 unspecified atom stereocenters. The van der Waals surface area contributed by atoms with Crippen molar-refractivity contribution in [3.05, 3.63) is 0 Å². The molecule has 0 bridgehead atoms. The highest BCUT2D eigenvalue weighted by Crippen LogP contribution is 2.41. The second-order valence-electron chi connectivity index (χ2n) is 8.12. The Labute approximate surface area is 126 Å². The van der Waals surface area contributed by atoms with E-state index in [9.17, 15) is 0 Å². The van der Waals surface area contributed by atoms with Crippen molar-refractivity contribution in [2.24, 2.45) is 17.3 Å². The van der Waals surface area contributed by atoms with E-state index in [0.717, 1.165) is 17.9 Å². The fourth-order valence-electron chi connectivity index (χ4n) is 4.19. The Hall–Kier alpha value is -0.0800. The van der Waals surface area contributed by atoms with E-state index in [0.29, 0.717) is 5.41 Å². The molecule has 0 aromatic heterocycles. The summed E-state index contributed by atoms with van der Waals surface area (Å²) in [6.07, 6.45) is 10.0. The maximum absolute atomic E-state index is 3.50. The third-order valence-electron chi connectivity index (χ3n) is 5.33. The van der Waals surface area contributed by atoms with Crippen molar-refractivity contribution in [2.45, 2.75) is 71.8 Å². The smallest absolute Gasteiger partial charge is 0.00966 e. The fourth-order valence-corrected chi connectivity index (χ4v) is 4.19. The molecule has 1 N–H and O–H groups in total. The van der Waals surface area contributed by atoms with Gasteiger partial charge in [-0.15, -0.1) is 0 Å². The molecule has 2 rings (SSSR count). The maximum atomic E-state index is 3.50. The molecule has 20 heavy (non-hydrogen) atoms. The minimum Gasteiger partial charge on any atom is -0.319 e. The van der Waals surface area contributed by atoms with Gasteiger partial charge in [-0.2, -0.15) is 0 Å². The van der Waals surface area contributed by atoms with Gasteiger partial charge in [0.05, 0.1) is 0 Å². The first-order chi connectivity index (χ1) is 9.54. The summed E-state index contributed by atoms with van der Waals surface area (Å²) in [5.41, 5.74) is 0.548. The van der Waals surface area contributed by atoms with Crippen LogP contribution in [0.2, 0.25) is 0 Å². The van der Waals surface area contributed by atoms with Crippen LogP contribution in [0, 0.1) is 17.3 Å². The van der Waals surface area contributed by atoms with Crippen molar-refractivity contribution < 1.29 is 0 Å². The third kappa shape index (κ3) is 4.73. The molecule has 2 nitrogen and oxygen atoms in total. The number of hydrogen-bond acceptors (Lipinski definition) is 2. The average molecular weight is 280 g/mol. The first-order valence-corrected chi connectivity index (χ1v) is 8.93. The Morgan fingerprint density at radius 1 is 1.25 bits per heavy atom. The van der Waals surface area contributed by atoms with Gasteiger partial charge in [0, 0.05) is 19.1 Å². The average Bonchev–Trinajstić information content (AvgIpc) is 3.19. The van der Waals surface area contributed by atoms with Gasteiger partial charge < -0.3 is 5.32 Å². The molecule has 2 saturated carbocycles. The van der Waals surface area contributed by atoms with Gasteiger partial charge in [0.2, 0.25) is 0 Å². The summed E-state index contributed by atoms with van der Waals surface area (Å²) in [6.45, 7) is 11.0. The van der Waals surface area contributed by atoms with Crippen LogP contribution >= 0.6 is 0 Å². The highest BCUT2D eigenvalue weighted by Gasteiger charge is 2.39. The van der Waals surface area contributed by atoms with Crippen LogP contribution in [0.1, 0.15) is 65.7 Å². The van der Waals surface area contributed by atoms with E-state index < -0.39 is 0 Å². The molecular weight excluding hydrogens is 244 g/mol.